The van der Waals surface area contributed by atoms with Crippen molar-refractivity contribution in [1.29, 1.82) is 5.26 Å². The Balaban J connectivity index is 2.80. The lowest BCUT2D eigenvalue weighted by Crippen LogP contribution is -2.07. The molecule has 0 saturated heterocycles. The van der Waals surface area contributed by atoms with E-state index in [0.717, 1.165) is 11.3 Å². The normalized spacial score (nSPS) is 12.0. The Morgan fingerprint density at radius 1 is 1.85 bits per heavy atom. The number of hydrogen-bond acceptors (Lipinski definition) is 5. The minimum Gasteiger partial charge on any atom is -0.323 e. The van der Waals surface area contributed by atoms with Crippen LogP contribution in [-0.2, 0) is 0 Å². The van der Waals surface area contributed by atoms with E-state index in [1.807, 2.05) is 6.07 Å². The summed E-state index contributed by atoms with van der Waals surface area (Å²) in [7, 11) is 0. The number of hydrogen-bond donors (Lipinski definition) is 1. The van der Waals surface area contributed by atoms with Crippen molar-refractivity contribution in [2.75, 3.05) is 0 Å². The molecule has 0 aliphatic carbocycles. The number of thiophene rings is 1. The molecular formula is C7H7N3O2S. The minimum absolute atomic E-state index is 0.0587. The predicted octanol–water partition coefficient (Wildman–Crippen LogP) is 1.57. The van der Waals surface area contributed by atoms with Gasteiger partial charge in [0.2, 0.25) is 0 Å². The molecule has 1 aromatic rings. The lowest BCUT2D eigenvalue weighted by molar-refractivity contribution is -0.380. The average Bonchev–Trinajstić information content (AvgIpc) is 2.52. The third-order valence-electron chi connectivity index (χ3n) is 1.53. The van der Waals surface area contributed by atoms with E-state index in [9.17, 15) is 10.1 Å². The molecule has 0 aromatic carbocycles. The van der Waals surface area contributed by atoms with Crippen LogP contribution in [0.4, 0.5) is 5.00 Å². The van der Waals surface area contributed by atoms with Crippen LogP contribution in [0.25, 0.3) is 0 Å². The highest BCUT2D eigenvalue weighted by Crippen LogP contribution is 2.26. The molecule has 0 bridgehead atoms. The van der Waals surface area contributed by atoms with Gasteiger partial charge in [-0.1, -0.05) is 11.3 Å². The van der Waals surface area contributed by atoms with Crippen molar-refractivity contribution in [3.05, 3.63) is 27.1 Å². The number of nitrogens with zero attached hydrogens (tertiary/aromatic N) is 2. The van der Waals surface area contributed by atoms with Gasteiger partial charge in [-0.25, -0.2) is 0 Å². The fourth-order valence-corrected chi connectivity index (χ4v) is 1.64. The van der Waals surface area contributed by atoms with Gasteiger partial charge in [0.15, 0.2) is 0 Å². The Kier molecular flexibility index (Phi) is 2.95. The minimum atomic E-state index is -0.465. The molecule has 0 radical (unpaired) electrons. The van der Waals surface area contributed by atoms with Crippen molar-refractivity contribution in [2.24, 2.45) is 5.73 Å². The Labute approximate surface area is 78.6 Å². The summed E-state index contributed by atoms with van der Waals surface area (Å²) in [6.45, 7) is 0. The molecule has 0 aliphatic heterocycles. The smallest absolute Gasteiger partial charge is 0.323 e. The van der Waals surface area contributed by atoms with E-state index in [2.05, 4.69) is 0 Å². The largest absolute Gasteiger partial charge is 0.324 e. The second-order valence-electron chi connectivity index (χ2n) is 2.44. The van der Waals surface area contributed by atoms with Crippen LogP contribution < -0.4 is 5.73 Å². The Morgan fingerprint density at radius 2 is 2.54 bits per heavy atom. The zero-order valence-corrected chi connectivity index (χ0v) is 7.45. The summed E-state index contributed by atoms with van der Waals surface area (Å²) in [6.07, 6.45) is 0.174. The van der Waals surface area contributed by atoms with Crippen LogP contribution in [0.5, 0.6) is 0 Å². The first-order valence-corrected chi connectivity index (χ1v) is 4.38. The summed E-state index contributed by atoms with van der Waals surface area (Å²) < 4.78 is 0. The molecule has 0 amide bonds. The van der Waals surface area contributed by atoms with Crippen molar-refractivity contribution in [3.63, 3.8) is 0 Å². The molecule has 0 saturated carbocycles. The van der Waals surface area contributed by atoms with Crippen LogP contribution in [0.2, 0.25) is 0 Å². The van der Waals surface area contributed by atoms with Crippen LogP contribution in [0.15, 0.2) is 11.4 Å². The molecule has 68 valence electrons. The van der Waals surface area contributed by atoms with Crippen molar-refractivity contribution in [1.82, 2.24) is 0 Å². The number of nitrogens with two attached hydrogens (primary N) is 1. The van der Waals surface area contributed by atoms with Crippen LogP contribution in [0.1, 0.15) is 18.0 Å². The van der Waals surface area contributed by atoms with E-state index >= 15 is 0 Å². The van der Waals surface area contributed by atoms with Gasteiger partial charge in [-0.05, 0) is 5.56 Å². The van der Waals surface area contributed by atoms with Gasteiger partial charge in [0.05, 0.1) is 17.4 Å². The Morgan fingerprint density at radius 3 is 3.00 bits per heavy atom. The Bertz CT molecular complexity index is 355. The van der Waals surface area contributed by atoms with E-state index in [0.29, 0.717) is 5.56 Å². The molecule has 5 nitrogen and oxygen atoms in total. The van der Waals surface area contributed by atoms with E-state index in [1.165, 1.54) is 6.07 Å². The third-order valence-corrected chi connectivity index (χ3v) is 2.42. The summed E-state index contributed by atoms with van der Waals surface area (Å²) in [5.74, 6) is 0. The van der Waals surface area contributed by atoms with Crippen LogP contribution in [0, 0.1) is 21.4 Å². The molecule has 1 aromatic heterocycles. The van der Waals surface area contributed by atoms with Gasteiger partial charge >= 0.3 is 5.00 Å². The maximum Gasteiger partial charge on any atom is 0.324 e. The molecule has 0 fully saturated rings. The van der Waals surface area contributed by atoms with E-state index in [4.69, 9.17) is 11.0 Å². The monoisotopic (exact) mass is 197 g/mol. The Hall–Kier alpha value is -1.45. The average molecular weight is 197 g/mol. The van der Waals surface area contributed by atoms with E-state index in [-0.39, 0.29) is 11.4 Å². The maximum atomic E-state index is 10.3. The zero-order valence-electron chi connectivity index (χ0n) is 6.64. The lowest BCUT2D eigenvalue weighted by atomic mass is 10.1. The van der Waals surface area contributed by atoms with Gasteiger partial charge in [0.1, 0.15) is 0 Å². The molecule has 6 heteroatoms. The quantitative estimate of drug-likeness (QED) is 0.587. The highest BCUT2D eigenvalue weighted by molar-refractivity contribution is 7.13. The molecule has 0 aliphatic rings. The summed E-state index contributed by atoms with van der Waals surface area (Å²) in [5, 5.41) is 20.3. The van der Waals surface area contributed by atoms with Gasteiger partial charge < -0.3 is 5.73 Å². The fraction of sp³-hybridized carbons (Fsp3) is 0.286. The number of nitriles is 1. The zero-order chi connectivity index (χ0) is 9.84. The van der Waals surface area contributed by atoms with Gasteiger partial charge in [-0.3, -0.25) is 10.1 Å². The lowest BCUT2D eigenvalue weighted by Gasteiger charge is -2.01. The maximum absolute atomic E-state index is 10.3. The van der Waals surface area contributed by atoms with Gasteiger partial charge in [-0.15, -0.1) is 0 Å². The van der Waals surface area contributed by atoms with Crippen molar-refractivity contribution in [3.8, 4) is 6.07 Å². The summed E-state index contributed by atoms with van der Waals surface area (Å²) in [6, 6.07) is 2.90. The predicted molar refractivity (Wildman–Crippen MR) is 48.1 cm³/mol. The van der Waals surface area contributed by atoms with Crippen molar-refractivity contribution in [2.45, 2.75) is 12.5 Å². The molecule has 1 heterocycles. The van der Waals surface area contributed by atoms with Crippen LogP contribution >= 0.6 is 11.3 Å². The summed E-state index contributed by atoms with van der Waals surface area (Å²) >= 11 is 1.02. The first kappa shape index (κ1) is 9.64. The second kappa shape index (κ2) is 3.98. The first-order valence-electron chi connectivity index (χ1n) is 3.50. The van der Waals surface area contributed by atoms with E-state index in [1.54, 1.807) is 5.38 Å². The van der Waals surface area contributed by atoms with Crippen LogP contribution in [-0.4, -0.2) is 4.92 Å². The highest BCUT2D eigenvalue weighted by atomic mass is 32.1. The standard InChI is InChI=1S/C7H7N3O2S/c8-2-1-6(9)5-3-7(10(11)12)13-4-5/h3-4,6H,1,9H2/t6-/m1/s1. The molecule has 0 spiro atoms. The molecule has 1 atom stereocenters. The molecule has 0 unspecified atom stereocenters. The first-order chi connectivity index (χ1) is 6.15. The number of rotatable bonds is 3. The van der Waals surface area contributed by atoms with E-state index < -0.39 is 11.0 Å². The summed E-state index contributed by atoms with van der Waals surface area (Å²) in [4.78, 5) is 9.84. The van der Waals surface area contributed by atoms with Gasteiger partial charge in [0, 0.05) is 17.5 Å². The van der Waals surface area contributed by atoms with Crippen molar-refractivity contribution >= 4 is 16.3 Å². The van der Waals surface area contributed by atoms with Gasteiger partial charge in [-0.2, -0.15) is 5.26 Å². The fourth-order valence-electron chi connectivity index (χ4n) is 0.845. The molecule has 13 heavy (non-hydrogen) atoms. The highest BCUT2D eigenvalue weighted by Gasteiger charge is 2.13. The van der Waals surface area contributed by atoms with Crippen molar-refractivity contribution < 1.29 is 4.92 Å². The number of nitro groups is 1. The molecule has 1 rings (SSSR count). The SMILES string of the molecule is N#CC[C@@H](N)c1csc([N+](=O)[O-])c1. The van der Waals surface area contributed by atoms with Gasteiger partial charge in [0.25, 0.3) is 0 Å². The van der Waals surface area contributed by atoms with Crippen LogP contribution in [0.3, 0.4) is 0 Å². The second-order valence-corrected chi connectivity index (χ2v) is 3.33. The summed E-state index contributed by atoms with van der Waals surface area (Å²) in [5.41, 5.74) is 6.23. The third kappa shape index (κ3) is 2.24. The molecular weight excluding hydrogens is 190 g/mol. The topological polar surface area (TPSA) is 93.0 Å². The molecule has 2 N–H and O–H groups in total.